The molecule has 0 fully saturated rings. The van der Waals surface area contributed by atoms with Crippen LogP contribution in [0.5, 0.6) is 5.75 Å². The van der Waals surface area contributed by atoms with Gasteiger partial charge in [-0.25, -0.2) is 0 Å². The van der Waals surface area contributed by atoms with Crippen molar-refractivity contribution in [2.24, 2.45) is 0 Å². The Bertz CT molecular complexity index is 616. The lowest BCUT2D eigenvalue weighted by Gasteiger charge is -2.08. The van der Waals surface area contributed by atoms with Crippen LogP contribution in [0.25, 0.3) is 0 Å². The van der Waals surface area contributed by atoms with Crippen LogP contribution in [-0.2, 0) is 12.5 Å². The molecule has 0 bridgehead atoms. The zero-order valence-electron chi connectivity index (χ0n) is 10.4. The molecular formula is C14H11BrClNO3. The second kappa shape index (κ2) is 6.72. The lowest BCUT2D eigenvalue weighted by Crippen LogP contribution is -1.96. The zero-order chi connectivity index (χ0) is 14.5. The van der Waals surface area contributed by atoms with Gasteiger partial charge >= 0.3 is 0 Å². The van der Waals surface area contributed by atoms with Crippen LogP contribution < -0.4 is 4.74 Å². The van der Waals surface area contributed by atoms with E-state index in [1.165, 1.54) is 12.1 Å². The van der Waals surface area contributed by atoms with Crippen molar-refractivity contribution in [2.45, 2.75) is 12.5 Å². The Kier molecular flexibility index (Phi) is 4.98. The summed E-state index contributed by atoms with van der Waals surface area (Å²) in [5.74, 6) is 1.11. The molecule has 0 aromatic heterocycles. The third-order valence-electron chi connectivity index (χ3n) is 2.71. The minimum atomic E-state index is -0.424. The predicted octanol–water partition coefficient (Wildman–Crippen LogP) is 4.68. The molecule has 0 N–H and O–H groups in total. The van der Waals surface area contributed by atoms with Gasteiger partial charge in [-0.15, -0.1) is 11.6 Å². The van der Waals surface area contributed by atoms with Crippen LogP contribution in [0.15, 0.2) is 46.9 Å². The summed E-state index contributed by atoms with van der Waals surface area (Å²) < 4.78 is 6.58. The third kappa shape index (κ3) is 3.71. The minimum Gasteiger partial charge on any atom is -0.489 e. The number of ether oxygens (including phenoxy) is 1. The Morgan fingerprint density at radius 2 is 1.90 bits per heavy atom. The number of benzene rings is 2. The zero-order valence-corrected chi connectivity index (χ0v) is 12.7. The molecule has 0 amide bonds. The van der Waals surface area contributed by atoms with E-state index in [9.17, 15) is 10.1 Å². The second-order valence-corrected chi connectivity index (χ2v) is 5.22. The average molecular weight is 357 g/mol. The highest BCUT2D eigenvalue weighted by molar-refractivity contribution is 9.10. The van der Waals surface area contributed by atoms with Crippen LogP contribution >= 0.6 is 27.5 Å². The maximum absolute atomic E-state index is 10.6. The normalized spacial score (nSPS) is 10.3. The summed E-state index contributed by atoms with van der Waals surface area (Å²) in [5.41, 5.74) is 1.89. The van der Waals surface area contributed by atoms with Gasteiger partial charge in [-0.1, -0.05) is 15.9 Å². The summed E-state index contributed by atoms with van der Waals surface area (Å²) >= 11 is 9.22. The standard InChI is InChI=1S/C14H11BrClNO3/c15-14-6-5-13(7-11(14)8-16)20-9-10-1-3-12(4-2-10)17(18)19/h1-7H,8-9H2. The number of nitro benzene ring substituents is 1. The number of halogens is 2. The third-order valence-corrected chi connectivity index (χ3v) is 3.78. The molecule has 2 rings (SSSR count). The van der Waals surface area contributed by atoms with Crippen LogP contribution in [0.1, 0.15) is 11.1 Å². The monoisotopic (exact) mass is 355 g/mol. The van der Waals surface area contributed by atoms with E-state index in [1.54, 1.807) is 12.1 Å². The van der Waals surface area contributed by atoms with E-state index < -0.39 is 4.92 Å². The van der Waals surface area contributed by atoms with Gasteiger partial charge in [0.05, 0.1) is 4.92 Å². The Morgan fingerprint density at radius 3 is 2.50 bits per heavy atom. The molecule has 0 saturated heterocycles. The average Bonchev–Trinajstić information content (AvgIpc) is 2.46. The van der Waals surface area contributed by atoms with Gasteiger partial charge in [0.15, 0.2) is 0 Å². The Labute approximate surface area is 129 Å². The van der Waals surface area contributed by atoms with E-state index in [1.807, 2.05) is 18.2 Å². The quantitative estimate of drug-likeness (QED) is 0.444. The number of alkyl halides is 1. The second-order valence-electron chi connectivity index (χ2n) is 4.10. The smallest absolute Gasteiger partial charge is 0.269 e. The predicted molar refractivity (Wildman–Crippen MR) is 81.1 cm³/mol. The SMILES string of the molecule is O=[N+]([O-])c1ccc(COc2ccc(Br)c(CCl)c2)cc1. The fourth-order valence-corrected chi connectivity index (χ4v) is 2.39. The van der Waals surface area contributed by atoms with Gasteiger partial charge in [0.25, 0.3) is 5.69 Å². The molecule has 2 aromatic carbocycles. The molecule has 0 aliphatic carbocycles. The molecule has 0 saturated carbocycles. The Morgan fingerprint density at radius 1 is 1.20 bits per heavy atom. The van der Waals surface area contributed by atoms with Gasteiger partial charge in [-0.05, 0) is 41.5 Å². The molecule has 2 aromatic rings. The lowest BCUT2D eigenvalue weighted by atomic mass is 10.2. The first kappa shape index (κ1) is 14.8. The van der Waals surface area contributed by atoms with Crippen molar-refractivity contribution in [3.8, 4) is 5.75 Å². The van der Waals surface area contributed by atoms with Crippen molar-refractivity contribution in [1.29, 1.82) is 0 Å². The maximum atomic E-state index is 10.6. The van der Waals surface area contributed by atoms with Crippen molar-refractivity contribution in [2.75, 3.05) is 0 Å². The highest BCUT2D eigenvalue weighted by Gasteiger charge is 2.05. The number of nitro groups is 1. The summed E-state index contributed by atoms with van der Waals surface area (Å²) in [5, 5.41) is 10.6. The summed E-state index contributed by atoms with van der Waals surface area (Å²) in [7, 11) is 0. The largest absolute Gasteiger partial charge is 0.489 e. The van der Waals surface area contributed by atoms with Gasteiger partial charge in [0, 0.05) is 22.5 Å². The summed E-state index contributed by atoms with van der Waals surface area (Å²) in [6.45, 7) is 0.349. The number of non-ortho nitro benzene ring substituents is 1. The van der Waals surface area contributed by atoms with E-state index in [4.69, 9.17) is 16.3 Å². The number of hydrogen-bond acceptors (Lipinski definition) is 3. The lowest BCUT2D eigenvalue weighted by molar-refractivity contribution is -0.384. The molecule has 0 atom stereocenters. The molecule has 0 spiro atoms. The molecule has 0 aliphatic heterocycles. The Hall–Kier alpha value is -1.59. The molecule has 104 valence electrons. The molecule has 0 aliphatic rings. The number of nitrogens with zero attached hydrogens (tertiary/aromatic N) is 1. The first-order valence-electron chi connectivity index (χ1n) is 5.80. The van der Waals surface area contributed by atoms with E-state index in [0.29, 0.717) is 18.2 Å². The number of rotatable bonds is 5. The Balaban J connectivity index is 2.03. The molecule has 0 radical (unpaired) electrons. The van der Waals surface area contributed by atoms with Crippen LogP contribution in [0.3, 0.4) is 0 Å². The van der Waals surface area contributed by atoms with Gasteiger partial charge in [-0.3, -0.25) is 10.1 Å². The van der Waals surface area contributed by atoms with E-state index in [-0.39, 0.29) is 5.69 Å². The van der Waals surface area contributed by atoms with Crippen LogP contribution in [0, 0.1) is 10.1 Å². The molecule has 20 heavy (non-hydrogen) atoms. The molecule has 0 unspecified atom stereocenters. The first-order chi connectivity index (χ1) is 9.60. The summed E-state index contributed by atoms with van der Waals surface area (Å²) in [6.07, 6.45) is 0. The fourth-order valence-electron chi connectivity index (χ4n) is 1.62. The van der Waals surface area contributed by atoms with Crippen LogP contribution in [0.4, 0.5) is 5.69 Å². The van der Waals surface area contributed by atoms with Gasteiger partial charge in [-0.2, -0.15) is 0 Å². The molecule has 6 heteroatoms. The van der Waals surface area contributed by atoms with E-state index >= 15 is 0 Å². The van der Waals surface area contributed by atoms with Crippen molar-refractivity contribution in [3.63, 3.8) is 0 Å². The summed E-state index contributed by atoms with van der Waals surface area (Å²) in [6, 6.07) is 11.9. The molecule has 0 heterocycles. The van der Waals surface area contributed by atoms with Crippen molar-refractivity contribution >= 4 is 33.2 Å². The van der Waals surface area contributed by atoms with Crippen molar-refractivity contribution in [3.05, 3.63) is 68.2 Å². The van der Waals surface area contributed by atoms with Crippen LogP contribution in [0.2, 0.25) is 0 Å². The van der Waals surface area contributed by atoms with E-state index in [2.05, 4.69) is 15.9 Å². The van der Waals surface area contributed by atoms with Crippen molar-refractivity contribution in [1.82, 2.24) is 0 Å². The molecular weight excluding hydrogens is 346 g/mol. The minimum absolute atomic E-state index is 0.0711. The highest BCUT2D eigenvalue weighted by atomic mass is 79.9. The fraction of sp³-hybridized carbons (Fsp3) is 0.143. The van der Waals surface area contributed by atoms with Gasteiger partial charge < -0.3 is 4.74 Å². The highest BCUT2D eigenvalue weighted by Crippen LogP contribution is 2.24. The van der Waals surface area contributed by atoms with E-state index in [0.717, 1.165) is 15.6 Å². The first-order valence-corrected chi connectivity index (χ1v) is 7.13. The van der Waals surface area contributed by atoms with Gasteiger partial charge in [0.1, 0.15) is 12.4 Å². The summed E-state index contributed by atoms with van der Waals surface area (Å²) in [4.78, 5) is 10.1. The van der Waals surface area contributed by atoms with Crippen molar-refractivity contribution < 1.29 is 9.66 Å². The van der Waals surface area contributed by atoms with Gasteiger partial charge in [0.2, 0.25) is 0 Å². The number of hydrogen-bond donors (Lipinski definition) is 0. The van der Waals surface area contributed by atoms with Crippen LogP contribution in [-0.4, -0.2) is 4.92 Å². The molecule has 4 nitrogen and oxygen atoms in total. The topological polar surface area (TPSA) is 52.4 Å². The maximum Gasteiger partial charge on any atom is 0.269 e.